The Hall–Kier alpha value is -2.43. The molecular formula is C20H25NO4. The average Bonchev–Trinajstić information content (AvgIpc) is 2.50. The number of Topliss-reactive ketones (excluding diaryl/α,β-unsaturated/α-hetero) is 2. The predicted octanol–water partition coefficient (Wildman–Crippen LogP) is 2.88. The first-order valence-corrected chi connectivity index (χ1v) is 8.53. The van der Waals surface area contributed by atoms with Crippen LogP contribution >= 0.6 is 0 Å². The van der Waals surface area contributed by atoms with E-state index in [4.69, 9.17) is 5.73 Å². The second kappa shape index (κ2) is 7.21. The van der Waals surface area contributed by atoms with Gasteiger partial charge in [0.05, 0.1) is 12.0 Å². The van der Waals surface area contributed by atoms with Gasteiger partial charge >= 0.3 is 0 Å². The van der Waals surface area contributed by atoms with Gasteiger partial charge < -0.3 is 10.8 Å². The summed E-state index contributed by atoms with van der Waals surface area (Å²) in [6, 6.07) is 1.98. The van der Waals surface area contributed by atoms with Crippen LogP contribution in [-0.2, 0) is 20.8 Å². The van der Waals surface area contributed by atoms with Crippen molar-refractivity contribution >= 4 is 17.5 Å². The van der Waals surface area contributed by atoms with E-state index >= 15 is 0 Å². The lowest BCUT2D eigenvalue weighted by Crippen LogP contribution is -2.24. The van der Waals surface area contributed by atoms with E-state index in [-0.39, 0.29) is 54.5 Å². The minimum atomic E-state index is -0.403. The van der Waals surface area contributed by atoms with Crippen molar-refractivity contribution in [3.63, 3.8) is 0 Å². The van der Waals surface area contributed by atoms with Crippen molar-refractivity contribution in [3.8, 4) is 0 Å². The number of aryl methyl sites for hydroxylation is 2. The Balaban J connectivity index is 2.50. The van der Waals surface area contributed by atoms with Gasteiger partial charge in [0.25, 0.3) is 0 Å². The summed E-state index contributed by atoms with van der Waals surface area (Å²) in [4.78, 5) is 35.7. The number of carbonyl (C=O) groups is 3. The van der Waals surface area contributed by atoms with Crippen molar-refractivity contribution in [2.75, 3.05) is 0 Å². The summed E-state index contributed by atoms with van der Waals surface area (Å²) < 4.78 is 0. The van der Waals surface area contributed by atoms with Gasteiger partial charge in [-0.1, -0.05) is 13.0 Å². The number of hydrogen-bond acceptors (Lipinski definition) is 4. The Bertz CT molecular complexity index is 789. The number of amides is 1. The Kier molecular flexibility index (Phi) is 5.45. The topological polar surface area (TPSA) is 97.5 Å². The maximum Gasteiger partial charge on any atom is 0.221 e. The Morgan fingerprint density at radius 1 is 1.20 bits per heavy atom. The van der Waals surface area contributed by atoms with E-state index in [1.165, 1.54) is 0 Å². The van der Waals surface area contributed by atoms with Crippen LogP contribution in [0.3, 0.4) is 0 Å². The zero-order valence-corrected chi connectivity index (χ0v) is 15.2. The summed E-state index contributed by atoms with van der Waals surface area (Å²) in [6.45, 7) is 7.49. The molecule has 5 nitrogen and oxygen atoms in total. The SMILES string of the molecule is CCC(=O)C1=C(O)CC(c2c(C)cc(C)c(CC(N)=O)c2C)CC1=O. The van der Waals surface area contributed by atoms with Crippen LogP contribution in [0.5, 0.6) is 0 Å². The van der Waals surface area contributed by atoms with E-state index in [9.17, 15) is 19.5 Å². The minimum Gasteiger partial charge on any atom is -0.511 e. The molecule has 0 bridgehead atoms. The lowest BCUT2D eigenvalue weighted by molar-refractivity contribution is -0.122. The highest BCUT2D eigenvalue weighted by Gasteiger charge is 2.33. The Labute approximate surface area is 147 Å². The van der Waals surface area contributed by atoms with Gasteiger partial charge in [-0.25, -0.2) is 0 Å². The molecule has 1 atom stereocenters. The summed E-state index contributed by atoms with van der Waals surface area (Å²) in [6.07, 6.45) is 0.785. The third kappa shape index (κ3) is 3.65. The van der Waals surface area contributed by atoms with Crippen LogP contribution in [0.1, 0.15) is 59.9 Å². The molecule has 1 unspecified atom stereocenters. The fraction of sp³-hybridized carbons (Fsp3) is 0.450. The standard InChI is InChI=1S/C20H25NO4/c1-5-15(22)20-16(23)7-13(8-17(20)24)19-11(3)6-10(2)14(12(19)4)9-18(21)25/h6,13,23H,5,7-9H2,1-4H3,(H2,21,25). The first-order chi connectivity index (χ1) is 11.7. The number of primary amides is 1. The monoisotopic (exact) mass is 343 g/mol. The zero-order chi connectivity index (χ0) is 18.9. The Morgan fingerprint density at radius 2 is 1.84 bits per heavy atom. The highest BCUT2D eigenvalue weighted by molar-refractivity contribution is 6.21. The van der Waals surface area contributed by atoms with Crippen molar-refractivity contribution in [2.45, 2.75) is 59.3 Å². The van der Waals surface area contributed by atoms with Crippen LogP contribution in [0.25, 0.3) is 0 Å². The second-order valence-corrected chi connectivity index (χ2v) is 6.80. The smallest absolute Gasteiger partial charge is 0.221 e. The van der Waals surface area contributed by atoms with E-state index in [0.717, 1.165) is 27.8 Å². The Morgan fingerprint density at radius 3 is 2.36 bits per heavy atom. The largest absolute Gasteiger partial charge is 0.511 e. The maximum atomic E-state index is 12.4. The maximum absolute atomic E-state index is 12.4. The van der Waals surface area contributed by atoms with Crippen molar-refractivity contribution < 1.29 is 19.5 Å². The van der Waals surface area contributed by atoms with Crippen LogP contribution in [0.4, 0.5) is 0 Å². The molecule has 1 aliphatic carbocycles. The van der Waals surface area contributed by atoms with E-state index in [1.807, 2.05) is 26.8 Å². The molecule has 0 aliphatic heterocycles. The summed E-state index contributed by atoms with van der Waals surface area (Å²) in [5, 5.41) is 10.3. The van der Waals surface area contributed by atoms with E-state index in [1.54, 1.807) is 6.92 Å². The molecule has 3 N–H and O–H groups in total. The molecule has 134 valence electrons. The summed E-state index contributed by atoms with van der Waals surface area (Å²) >= 11 is 0. The number of allylic oxidation sites excluding steroid dienone is 2. The van der Waals surface area contributed by atoms with Gasteiger partial charge in [-0.2, -0.15) is 0 Å². The molecule has 0 saturated heterocycles. The molecule has 1 amide bonds. The fourth-order valence-corrected chi connectivity index (χ4v) is 3.91. The minimum absolute atomic E-state index is 0.0430. The number of benzene rings is 1. The molecule has 2 rings (SSSR count). The molecule has 0 radical (unpaired) electrons. The zero-order valence-electron chi connectivity index (χ0n) is 15.2. The van der Waals surface area contributed by atoms with Crippen LogP contribution in [0.15, 0.2) is 17.4 Å². The number of rotatable bonds is 5. The summed E-state index contributed by atoms with van der Waals surface area (Å²) in [5.41, 5.74) is 10.1. The highest BCUT2D eigenvalue weighted by atomic mass is 16.3. The van der Waals surface area contributed by atoms with Crippen molar-refractivity contribution in [2.24, 2.45) is 5.73 Å². The molecule has 25 heavy (non-hydrogen) atoms. The van der Waals surface area contributed by atoms with Crippen LogP contribution in [-0.4, -0.2) is 22.6 Å². The number of nitrogens with two attached hydrogens (primary N) is 1. The van der Waals surface area contributed by atoms with Crippen LogP contribution < -0.4 is 5.73 Å². The van der Waals surface area contributed by atoms with Crippen molar-refractivity contribution in [1.82, 2.24) is 0 Å². The second-order valence-electron chi connectivity index (χ2n) is 6.80. The van der Waals surface area contributed by atoms with Gasteiger partial charge in [-0.15, -0.1) is 0 Å². The van der Waals surface area contributed by atoms with Gasteiger partial charge in [0.1, 0.15) is 5.76 Å². The van der Waals surface area contributed by atoms with Crippen LogP contribution in [0.2, 0.25) is 0 Å². The molecule has 1 aromatic carbocycles. The number of aliphatic hydroxyl groups excluding tert-OH is 1. The normalized spacial score (nSPS) is 17.8. The third-order valence-corrected chi connectivity index (χ3v) is 4.99. The predicted molar refractivity (Wildman–Crippen MR) is 95.5 cm³/mol. The molecule has 1 aromatic rings. The number of aliphatic hydroxyl groups is 1. The van der Waals surface area contributed by atoms with Crippen molar-refractivity contribution in [1.29, 1.82) is 0 Å². The highest BCUT2D eigenvalue weighted by Crippen LogP contribution is 2.38. The van der Waals surface area contributed by atoms with E-state index in [0.29, 0.717) is 0 Å². The third-order valence-electron chi connectivity index (χ3n) is 4.99. The van der Waals surface area contributed by atoms with E-state index < -0.39 is 5.91 Å². The fourth-order valence-electron chi connectivity index (χ4n) is 3.91. The molecule has 5 heteroatoms. The van der Waals surface area contributed by atoms with Gasteiger partial charge in [0.2, 0.25) is 5.91 Å². The van der Waals surface area contributed by atoms with Gasteiger partial charge in [0, 0.05) is 19.3 Å². The van der Waals surface area contributed by atoms with Gasteiger partial charge in [-0.05, 0) is 54.5 Å². The molecule has 0 fully saturated rings. The number of carbonyl (C=O) groups excluding carboxylic acids is 3. The molecule has 0 spiro atoms. The molecule has 1 aliphatic rings. The average molecular weight is 343 g/mol. The first-order valence-electron chi connectivity index (χ1n) is 8.53. The lowest BCUT2D eigenvalue weighted by atomic mass is 9.76. The molecular weight excluding hydrogens is 318 g/mol. The van der Waals surface area contributed by atoms with Crippen LogP contribution in [0, 0.1) is 20.8 Å². The molecule has 0 aromatic heterocycles. The molecule has 0 saturated carbocycles. The number of hydrogen-bond donors (Lipinski definition) is 2. The first kappa shape index (κ1) is 18.9. The summed E-state index contributed by atoms with van der Waals surface area (Å²) in [5.74, 6) is -1.35. The van der Waals surface area contributed by atoms with E-state index in [2.05, 4.69) is 0 Å². The summed E-state index contributed by atoms with van der Waals surface area (Å²) in [7, 11) is 0. The quantitative estimate of drug-likeness (QED) is 0.803. The van der Waals surface area contributed by atoms with Gasteiger partial charge in [0.15, 0.2) is 11.6 Å². The van der Waals surface area contributed by atoms with Gasteiger partial charge in [-0.3, -0.25) is 14.4 Å². The lowest BCUT2D eigenvalue weighted by Gasteiger charge is -2.27. The molecule has 0 heterocycles. The van der Waals surface area contributed by atoms with Crippen molar-refractivity contribution in [3.05, 3.63) is 45.2 Å². The number of ketones is 2.